The van der Waals surface area contributed by atoms with E-state index in [1.165, 1.54) is 25.0 Å². The van der Waals surface area contributed by atoms with Gasteiger partial charge in [-0.25, -0.2) is 0 Å². The van der Waals surface area contributed by atoms with Crippen LogP contribution in [-0.2, 0) is 12.6 Å². The predicted molar refractivity (Wildman–Crippen MR) is 71.3 cm³/mol. The van der Waals surface area contributed by atoms with Crippen LogP contribution in [0.1, 0.15) is 37.3 Å². The summed E-state index contributed by atoms with van der Waals surface area (Å²) in [5, 5.41) is 0.0224. The average molecular weight is 291 g/mol. The molecule has 0 nitrogen and oxygen atoms in total. The van der Waals surface area contributed by atoms with E-state index in [0.717, 1.165) is 24.1 Å². The first-order chi connectivity index (χ1) is 8.88. The summed E-state index contributed by atoms with van der Waals surface area (Å²) in [6.07, 6.45) is -0.0630. The summed E-state index contributed by atoms with van der Waals surface area (Å²) in [6.45, 7) is 2.21. The third-order valence-electron chi connectivity index (χ3n) is 4.10. The third kappa shape index (κ3) is 3.65. The second kappa shape index (κ2) is 5.74. The predicted octanol–water partition coefficient (Wildman–Crippen LogP) is 5.29. The molecule has 3 unspecified atom stereocenters. The first-order valence-electron chi connectivity index (χ1n) is 6.68. The van der Waals surface area contributed by atoms with Gasteiger partial charge in [-0.2, -0.15) is 13.2 Å². The number of rotatable bonds is 3. The summed E-state index contributed by atoms with van der Waals surface area (Å²) in [5.41, 5.74) is 0.281. The van der Waals surface area contributed by atoms with Crippen molar-refractivity contribution in [3.8, 4) is 0 Å². The lowest BCUT2D eigenvalue weighted by Crippen LogP contribution is -2.19. The maximum Gasteiger partial charge on any atom is 0.416 e. The molecule has 0 radical (unpaired) electrons. The zero-order valence-corrected chi connectivity index (χ0v) is 11.6. The van der Waals surface area contributed by atoms with Gasteiger partial charge in [0.2, 0.25) is 0 Å². The minimum atomic E-state index is -4.27. The van der Waals surface area contributed by atoms with Crippen molar-refractivity contribution >= 4 is 11.6 Å². The summed E-state index contributed by atoms with van der Waals surface area (Å²) < 4.78 is 37.4. The fourth-order valence-corrected chi connectivity index (χ4v) is 3.47. The Morgan fingerprint density at radius 1 is 1.21 bits per heavy atom. The highest BCUT2D eigenvalue weighted by Gasteiger charge is 2.31. The van der Waals surface area contributed by atoms with Crippen molar-refractivity contribution in [3.05, 3.63) is 35.4 Å². The number of hydrogen-bond acceptors (Lipinski definition) is 0. The van der Waals surface area contributed by atoms with Crippen LogP contribution in [0.3, 0.4) is 0 Å². The van der Waals surface area contributed by atoms with Gasteiger partial charge in [-0.3, -0.25) is 0 Å². The first-order valence-corrected chi connectivity index (χ1v) is 7.12. The van der Waals surface area contributed by atoms with E-state index < -0.39 is 11.7 Å². The lowest BCUT2D eigenvalue weighted by Gasteiger charge is -2.21. The molecule has 1 saturated carbocycles. The van der Waals surface area contributed by atoms with Crippen LogP contribution >= 0.6 is 11.6 Å². The Hall–Kier alpha value is -0.700. The molecule has 0 aromatic heterocycles. The van der Waals surface area contributed by atoms with Crippen LogP contribution in [0.5, 0.6) is 0 Å². The van der Waals surface area contributed by atoms with Crippen molar-refractivity contribution in [3.63, 3.8) is 0 Å². The van der Waals surface area contributed by atoms with E-state index in [4.69, 9.17) is 11.6 Å². The van der Waals surface area contributed by atoms with Crippen LogP contribution in [0.2, 0.25) is 0 Å². The summed E-state index contributed by atoms with van der Waals surface area (Å²) in [6, 6.07) is 5.35. The molecule has 0 heterocycles. The molecule has 0 N–H and O–H groups in total. The van der Waals surface area contributed by atoms with Crippen LogP contribution in [0, 0.1) is 11.8 Å². The fraction of sp³-hybridized carbons (Fsp3) is 0.600. The molecule has 1 aromatic carbocycles. The Bertz CT molecular complexity index is 410. The van der Waals surface area contributed by atoms with Crippen LogP contribution < -0.4 is 0 Å². The largest absolute Gasteiger partial charge is 0.416 e. The van der Waals surface area contributed by atoms with E-state index in [2.05, 4.69) is 6.92 Å². The molecule has 1 fully saturated rings. The van der Waals surface area contributed by atoms with Crippen molar-refractivity contribution in [1.29, 1.82) is 0 Å². The third-order valence-corrected chi connectivity index (χ3v) is 4.58. The van der Waals surface area contributed by atoms with Gasteiger partial charge in [0.1, 0.15) is 0 Å². The molecular formula is C15H18ClF3. The number of hydrogen-bond donors (Lipinski definition) is 0. The minimum absolute atomic E-state index is 0.0224. The molecule has 0 saturated heterocycles. The van der Waals surface area contributed by atoms with Gasteiger partial charge < -0.3 is 0 Å². The van der Waals surface area contributed by atoms with E-state index in [0.29, 0.717) is 18.3 Å². The summed E-state index contributed by atoms with van der Waals surface area (Å²) >= 11 is 6.42. The molecule has 106 valence electrons. The molecule has 1 aliphatic carbocycles. The highest BCUT2D eigenvalue weighted by Crippen LogP contribution is 2.37. The second-order valence-electron chi connectivity index (χ2n) is 5.49. The summed E-state index contributed by atoms with van der Waals surface area (Å²) in [5.74, 6) is 1.11. The van der Waals surface area contributed by atoms with Gasteiger partial charge >= 0.3 is 6.18 Å². The van der Waals surface area contributed by atoms with Crippen molar-refractivity contribution in [2.45, 2.75) is 44.2 Å². The Kier molecular flexibility index (Phi) is 4.44. The average Bonchev–Trinajstić information content (AvgIpc) is 2.75. The zero-order valence-electron chi connectivity index (χ0n) is 10.9. The monoisotopic (exact) mass is 290 g/mol. The molecule has 0 aliphatic heterocycles. The summed E-state index contributed by atoms with van der Waals surface area (Å²) in [7, 11) is 0. The lowest BCUT2D eigenvalue weighted by molar-refractivity contribution is -0.137. The van der Waals surface area contributed by atoms with Gasteiger partial charge in [-0.15, -0.1) is 11.6 Å². The van der Waals surface area contributed by atoms with Crippen molar-refractivity contribution in [2.75, 3.05) is 0 Å². The first kappa shape index (κ1) is 14.7. The SMILES string of the molecule is CC1CCCC1C(Cl)Cc1ccc(C(F)(F)F)cc1. The number of benzene rings is 1. The molecule has 2 rings (SSSR count). The van der Waals surface area contributed by atoms with E-state index in [1.807, 2.05) is 0 Å². The molecule has 0 spiro atoms. The molecule has 1 aliphatic rings. The van der Waals surface area contributed by atoms with Gasteiger partial charge in [0.15, 0.2) is 0 Å². The summed E-state index contributed by atoms with van der Waals surface area (Å²) in [4.78, 5) is 0. The highest BCUT2D eigenvalue weighted by atomic mass is 35.5. The highest BCUT2D eigenvalue weighted by molar-refractivity contribution is 6.21. The van der Waals surface area contributed by atoms with Crippen LogP contribution in [0.15, 0.2) is 24.3 Å². The van der Waals surface area contributed by atoms with Gasteiger partial charge in [0.05, 0.1) is 5.56 Å². The molecule has 4 heteroatoms. The topological polar surface area (TPSA) is 0 Å². The molecule has 1 aromatic rings. The minimum Gasteiger partial charge on any atom is -0.166 e. The van der Waals surface area contributed by atoms with Crippen LogP contribution in [0.4, 0.5) is 13.2 Å². The fourth-order valence-electron chi connectivity index (χ4n) is 2.92. The van der Waals surface area contributed by atoms with Crippen LogP contribution in [0.25, 0.3) is 0 Å². The van der Waals surface area contributed by atoms with E-state index >= 15 is 0 Å². The van der Waals surface area contributed by atoms with Crippen molar-refractivity contribution in [2.24, 2.45) is 11.8 Å². The molecule has 0 bridgehead atoms. The quantitative estimate of drug-likeness (QED) is 0.663. The van der Waals surface area contributed by atoms with Gasteiger partial charge in [0.25, 0.3) is 0 Å². The van der Waals surface area contributed by atoms with E-state index in [1.54, 1.807) is 0 Å². The van der Waals surface area contributed by atoms with Crippen molar-refractivity contribution in [1.82, 2.24) is 0 Å². The van der Waals surface area contributed by atoms with Gasteiger partial charge in [-0.05, 0) is 42.4 Å². The van der Waals surface area contributed by atoms with Gasteiger partial charge in [-0.1, -0.05) is 31.9 Å². The molecule has 3 atom stereocenters. The van der Waals surface area contributed by atoms with Crippen molar-refractivity contribution < 1.29 is 13.2 Å². The zero-order chi connectivity index (χ0) is 14.0. The molecule has 0 amide bonds. The molecular weight excluding hydrogens is 273 g/mol. The van der Waals surface area contributed by atoms with E-state index in [-0.39, 0.29) is 5.38 Å². The van der Waals surface area contributed by atoms with Crippen LogP contribution in [-0.4, -0.2) is 5.38 Å². The Labute approximate surface area is 117 Å². The number of alkyl halides is 4. The lowest BCUT2D eigenvalue weighted by atomic mass is 9.90. The number of halogens is 4. The second-order valence-corrected chi connectivity index (χ2v) is 6.05. The Morgan fingerprint density at radius 3 is 2.32 bits per heavy atom. The Morgan fingerprint density at radius 2 is 1.84 bits per heavy atom. The Balaban J connectivity index is 1.99. The smallest absolute Gasteiger partial charge is 0.166 e. The maximum absolute atomic E-state index is 12.5. The normalized spacial score (nSPS) is 25.5. The maximum atomic E-state index is 12.5. The van der Waals surface area contributed by atoms with E-state index in [9.17, 15) is 13.2 Å². The van der Waals surface area contributed by atoms with Gasteiger partial charge in [0, 0.05) is 5.38 Å². The molecule has 19 heavy (non-hydrogen) atoms. The standard InChI is InChI=1S/C15H18ClF3/c1-10-3-2-4-13(10)14(16)9-11-5-7-12(8-6-11)15(17,18)19/h5-8,10,13-14H,2-4,9H2,1H3.